The fourth-order valence-electron chi connectivity index (χ4n) is 2.28. The Balaban J connectivity index is 1.56. The standard InChI is InChI=1S/C17H13N3OS/c1-2-7-15-13(5-1)12-20(22-15)16-8-3-9-17(19-16)21-14-6-4-10-18-11-14/h1-11H,12H2. The minimum Gasteiger partial charge on any atom is -0.437 e. The van der Waals surface area contributed by atoms with E-state index in [1.54, 1.807) is 24.3 Å². The molecular weight excluding hydrogens is 294 g/mol. The molecule has 0 saturated carbocycles. The highest BCUT2D eigenvalue weighted by molar-refractivity contribution is 8.01. The fourth-order valence-corrected chi connectivity index (χ4v) is 3.31. The first-order chi connectivity index (χ1) is 10.9. The van der Waals surface area contributed by atoms with Crippen molar-refractivity contribution >= 4 is 17.8 Å². The van der Waals surface area contributed by atoms with Crippen molar-refractivity contribution < 1.29 is 4.74 Å². The largest absolute Gasteiger partial charge is 0.437 e. The molecule has 1 aromatic carbocycles. The third-order valence-corrected chi connectivity index (χ3v) is 4.45. The van der Waals surface area contributed by atoms with Gasteiger partial charge in [-0.25, -0.2) is 0 Å². The van der Waals surface area contributed by atoms with Crippen LogP contribution in [0.15, 0.2) is 71.9 Å². The Labute approximate surface area is 132 Å². The third kappa shape index (κ3) is 2.63. The maximum atomic E-state index is 5.75. The Morgan fingerprint density at radius 2 is 1.95 bits per heavy atom. The van der Waals surface area contributed by atoms with Gasteiger partial charge in [-0.3, -0.25) is 9.29 Å². The highest BCUT2D eigenvalue weighted by atomic mass is 32.2. The van der Waals surface area contributed by atoms with Gasteiger partial charge < -0.3 is 4.74 Å². The number of anilines is 1. The van der Waals surface area contributed by atoms with E-state index in [0.717, 1.165) is 12.4 Å². The van der Waals surface area contributed by atoms with Crippen molar-refractivity contribution in [3.63, 3.8) is 0 Å². The molecule has 0 bridgehead atoms. The lowest BCUT2D eigenvalue weighted by atomic mass is 10.2. The van der Waals surface area contributed by atoms with Crippen molar-refractivity contribution in [3.8, 4) is 11.6 Å². The van der Waals surface area contributed by atoms with Gasteiger partial charge in [-0.05, 0) is 41.8 Å². The van der Waals surface area contributed by atoms with Crippen LogP contribution in [0.4, 0.5) is 5.82 Å². The van der Waals surface area contributed by atoms with E-state index in [4.69, 9.17) is 4.74 Å². The third-order valence-electron chi connectivity index (χ3n) is 3.32. The number of rotatable bonds is 3. The van der Waals surface area contributed by atoms with Crippen LogP contribution in [0.5, 0.6) is 11.6 Å². The summed E-state index contributed by atoms with van der Waals surface area (Å²) < 4.78 is 7.91. The van der Waals surface area contributed by atoms with Gasteiger partial charge in [0.15, 0.2) is 0 Å². The minimum atomic E-state index is 0.571. The zero-order valence-corrected chi connectivity index (χ0v) is 12.5. The van der Waals surface area contributed by atoms with E-state index >= 15 is 0 Å². The van der Waals surface area contributed by atoms with Crippen LogP contribution >= 0.6 is 11.9 Å². The van der Waals surface area contributed by atoms with Gasteiger partial charge in [0.25, 0.3) is 0 Å². The summed E-state index contributed by atoms with van der Waals surface area (Å²) in [6.07, 6.45) is 3.39. The van der Waals surface area contributed by atoms with E-state index in [0.29, 0.717) is 11.6 Å². The van der Waals surface area contributed by atoms with Gasteiger partial charge in [0.2, 0.25) is 5.88 Å². The van der Waals surface area contributed by atoms with Crippen molar-refractivity contribution in [2.75, 3.05) is 4.31 Å². The second-order valence-corrected chi connectivity index (χ2v) is 5.92. The van der Waals surface area contributed by atoms with Crippen LogP contribution in [-0.4, -0.2) is 9.97 Å². The number of benzene rings is 1. The molecule has 1 aliphatic heterocycles. The lowest BCUT2D eigenvalue weighted by Gasteiger charge is -2.15. The molecule has 1 aliphatic rings. The first kappa shape index (κ1) is 13.2. The molecule has 0 N–H and O–H groups in total. The topological polar surface area (TPSA) is 38.2 Å². The summed E-state index contributed by atoms with van der Waals surface area (Å²) in [5, 5.41) is 0. The zero-order valence-electron chi connectivity index (χ0n) is 11.7. The quantitative estimate of drug-likeness (QED) is 0.675. The Kier molecular flexibility index (Phi) is 3.40. The van der Waals surface area contributed by atoms with Crippen LogP contribution in [0.1, 0.15) is 5.56 Å². The van der Waals surface area contributed by atoms with Crippen molar-refractivity contribution in [2.24, 2.45) is 0 Å². The molecule has 4 nitrogen and oxygen atoms in total. The van der Waals surface area contributed by atoms with Gasteiger partial charge in [-0.1, -0.05) is 24.3 Å². The second kappa shape index (κ2) is 5.69. The molecule has 3 aromatic rings. The van der Waals surface area contributed by atoms with Crippen LogP contribution in [0.2, 0.25) is 0 Å². The van der Waals surface area contributed by atoms with Crippen LogP contribution in [0.25, 0.3) is 0 Å². The maximum Gasteiger partial charge on any atom is 0.221 e. The summed E-state index contributed by atoms with van der Waals surface area (Å²) >= 11 is 1.71. The van der Waals surface area contributed by atoms with E-state index < -0.39 is 0 Å². The maximum absolute atomic E-state index is 5.75. The predicted molar refractivity (Wildman–Crippen MR) is 87.0 cm³/mol. The highest BCUT2D eigenvalue weighted by Gasteiger charge is 2.21. The average molecular weight is 307 g/mol. The molecule has 4 rings (SSSR count). The van der Waals surface area contributed by atoms with E-state index in [-0.39, 0.29) is 0 Å². The Morgan fingerprint density at radius 3 is 2.82 bits per heavy atom. The van der Waals surface area contributed by atoms with E-state index in [2.05, 4.69) is 38.5 Å². The molecule has 22 heavy (non-hydrogen) atoms. The molecule has 3 heterocycles. The fraction of sp³-hybridized carbons (Fsp3) is 0.0588. The van der Waals surface area contributed by atoms with Crippen molar-refractivity contribution in [1.82, 2.24) is 9.97 Å². The van der Waals surface area contributed by atoms with E-state index in [1.807, 2.05) is 30.3 Å². The summed E-state index contributed by atoms with van der Waals surface area (Å²) in [4.78, 5) is 9.91. The molecule has 0 saturated heterocycles. The molecule has 0 radical (unpaired) electrons. The van der Waals surface area contributed by atoms with Gasteiger partial charge in [-0.15, -0.1) is 0 Å². The average Bonchev–Trinajstić information content (AvgIpc) is 3.00. The molecule has 2 aromatic heterocycles. The number of hydrogen-bond acceptors (Lipinski definition) is 5. The van der Waals surface area contributed by atoms with Gasteiger partial charge in [-0.2, -0.15) is 4.98 Å². The molecule has 0 amide bonds. The van der Waals surface area contributed by atoms with Crippen LogP contribution < -0.4 is 9.04 Å². The van der Waals surface area contributed by atoms with Gasteiger partial charge in [0, 0.05) is 17.2 Å². The van der Waals surface area contributed by atoms with E-state index in [1.165, 1.54) is 10.5 Å². The van der Waals surface area contributed by atoms with Crippen LogP contribution in [0, 0.1) is 0 Å². The van der Waals surface area contributed by atoms with Crippen molar-refractivity contribution in [1.29, 1.82) is 0 Å². The van der Waals surface area contributed by atoms with Crippen LogP contribution in [-0.2, 0) is 6.54 Å². The first-order valence-corrected chi connectivity index (χ1v) is 7.74. The lowest BCUT2D eigenvalue weighted by molar-refractivity contribution is 0.461. The Bertz CT molecular complexity index is 770. The van der Waals surface area contributed by atoms with E-state index in [9.17, 15) is 0 Å². The first-order valence-electron chi connectivity index (χ1n) is 6.97. The van der Waals surface area contributed by atoms with Gasteiger partial charge in [0.1, 0.15) is 11.6 Å². The van der Waals surface area contributed by atoms with Gasteiger partial charge >= 0.3 is 0 Å². The Morgan fingerprint density at radius 1 is 1.00 bits per heavy atom. The number of fused-ring (bicyclic) bond motifs is 1. The van der Waals surface area contributed by atoms with Crippen molar-refractivity contribution in [3.05, 3.63) is 72.6 Å². The van der Waals surface area contributed by atoms with Crippen LogP contribution in [0.3, 0.4) is 0 Å². The smallest absolute Gasteiger partial charge is 0.221 e. The summed E-state index contributed by atoms with van der Waals surface area (Å²) in [7, 11) is 0. The normalized spacial score (nSPS) is 13.0. The molecule has 0 unspecified atom stereocenters. The molecule has 0 fully saturated rings. The Hall–Kier alpha value is -2.53. The number of pyridine rings is 2. The molecule has 0 atom stereocenters. The summed E-state index contributed by atoms with van der Waals surface area (Å²) in [5.41, 5.74) is 1.33. The SMILES string of the molecule is c1cncc(Oc2cccc(N3Cc4ccccc4S3)n2)c1. The van der Waals surface area contributed by atoms with Gasteiger partial charge in [0.05, 0.1) is 12.7 Å². The monoisotopic (exact) mass is 307 g/mol. The molecular formula is C17H13N3OS. The summed E-state index contributed by atoms with van der Waals surface area (Å²) in [5.74, 6) is 2.15. The molecule has 108 valence electrons. The highest BCUT2D eigenvalue weighted by Crippen LogP contribution is 2.39. The predicted octanol–water partition coefficient (Wildman–Crippen LogP) is 4.30. The molecule has 0 spiro atoms. The summed E-state index contributed by atoms with van der Waals surface area (Å²) in [6.45, 7) is 0.851. The second-order valence-electron chi connectivity index (χ2n) is 4.86. The molecule has 5 heteroatoms. The lowest BCUT2D eigenvalue weighted by Crippen LogP contribution is -2.09. The molecule has 0 aliphatic carbocycles. The summed E-state index contributed by atoms with van der Waals surface area (Å²) in [6, 6.07) is 17.9. The zero-order chi connectivity index (χ0) is 14.8. The number of nitrogens with zero attached hydrogens (tertiary/aromatic N) is 3. The van der Waals surface area contributed by atoms with Crippen molar-refractivity contribution in [2.45, 2.75) is 11.4 Å². The number of ether oxygens (including phenoxy) is 1. The number of hydrogen-bond donors (Lipinski definition) is 0. The minimum absolute atomic E-state index is 0.571. The number of aromatic nitrogens is 2.